The van der Waals surface area contributed by atoms with Crippen molar-refractivity contribution in [2.45, 2.75) is 82.8 Å². The van der Waals surface area contributed by atoms with Crippen LogP contribution < -0.4 is 4.74 Å². The molecule has 0 spiro atoms. The third-order valence-corrected chi connectivity index (χ3v) is 10.4. The highest BCUT2D eigenvalue weighted by molar-refractivity contribution is 7.93. The van der Waals surface area contributed by atoms with E-state index in [1.807, 2.05) is 31.2 Å². The molecular formula is C31H38N2O7S. The smallest absolute Gasteiger partial charge is 0.411 e. The van der Waals surface area contributed by atoms with Crippen LogP contribution in [-0.4, -0.2) is 71.3 Å². The number of Topliss-reactive ketones (excluding diaryl/α,β-unsaturated/α-hetero) is 2. The molecule has 2 aromatic rings. The van der Waals surface area contributed by atoms with Crippen molar-refractivity contribution in [1.82, 2.24) is 9.88 Å². The molecule has 0 bridgehead atoms. The molecule has 3 aliphatic rings. The number of aromatic nitrogens is 1. The second-order valence-electron chi connectivity index (χ2n) is 12.7. The van der Waals surface area contributed by atoms with Crippen molar-refractivity contribution >= 4 is 38.3 Å². The highest BCUT2D eigenvalue weighted by Gasteiger charge is 2.61. The van der Waals surface area contributed by atoms with E-state index >= 15 is 0 Å². The molecule has 1 aliphatic heterocycles. The topological polar surface area (TPSA) is 120 Å². The maximum Gasteiger partial charge on any atom is 0.411 e. The molecule has 0 radical (unpaired) electrons. The lowest BCUT2D eigenvalue weighted by Gasteiger charge is -2.28. The second-order valence-corrected chi connectivity index (χ2v) is 15.0. The van der Waals surface area contributed by atoms with Gasteiger partial charge in [-0.15, -0.1) is 6.58 Å². The molecule has 1 aromatic carbocycles. The molecule has 9 nitrogen and oxygen atoms in total. The van der Waals surface area contributed by atoms with Gasteiger partial charge in [0.2, 0.25) is 5.88 Å². The summed E-state index contributed by atoms with van der Waals surface area (Å²) in [5.74, 6) is -1.18. The van der Waals surface area contributed by atoms with Gasteiger partial charge >= 0.3 is 6.09 Å². The third kappa shape index (κ3) is 6.17. The summed E-state index contributed by atoms with van der Waals surface area (Å²) in [6, 6.07) is 6.97. The van der Waals surface area contributed by atoms with Gasteiger partial charge in [0.1, 0.15) is 17.5 Å². The Morgan fingerprint density at radius 3 is 2.56 bits per heavy atom. The van der Waals surface area contributed by atoms with Crippen LogP contribution in [0.3, 0.4) is 0 Å². The number of hydrogen-bond donors (Lipinski definition) is 0. The van der Waals surface area contributed by atoms with Crippen molar-refractivity contribution in [1.29, 1.82) is 0 Å². The van der Waals surface area contributed by atoms with Gasteiger partial charge in [0.15, 0.2) is 21.4 Å². The first-order valence-electron chi connectivity index (χ1n) is 14.1. The maximum absolute atomic E-state index is 13.9. The van der Waals surface area contributed by atoms with Gasteiger partial charge in [-0.2, -0.15) is 0 Å². The molecule has 10 heteroatoms. The summed E-state index contributed by atoms with van der Waals surface area (Å²) in [5.41, 5.74) is -0.837. The fourth-order valence-electron chi connectivity index (χ4n) is 5.78. The van der Waals surface area contributed by atoms with Crippen molar-refractivity contribution in [2.24, 2.45) is 11.3 Å². The zero-order valence-corrected chi connectivity index (χ0v) is 24.9. The van der Waals surface area contributed by atoms with Gasteiger partial charge in [0, 0.05) is 29.8 Å². The number of ketones is 2. The quantitative estimate of drug-likeness (QED) is 0.373. The molecule has 3 fully saturated rings. The lowest BCUT2D eigenvalue weighted by molar-refractivity contribution is -0.130. The minimum atomic E-state index is -3.53. The molecule has 2 saturated carbocycles. The van der Waals surface area contributed by atoms with Gasteiger partial charge in [0.05, 0.1) is 17.8 Å². The molecule has 41 heavy (non-hydrogen) atoms. The number of nitrogens with zero attached hydrogens (tertiary/aromatic N) is 2. The molecule has 5 rings (SSSR count). The van der Waals surface area contributed by atoms with E-state index < -0.39 is 55.9 Å². The molecular weight excluding hydrogens is 544 g/mol. The van der Waals surface area contributed by atoms with Crippen LogP contribution in [0, 0.1) is 18.3 Å². The fourth-order valence-corrected chi connectivity index (χ4v) is 7.53. The van der Waals surface area contributed by atoms with Crippen LogP contribution in [0.2, 0.25) is 0 Å². The Morgan fingerprint density at radius 1 is 1.20 bits per heavy atom. The van der Waals surface area contributed by atoms with Gasteiger partial charge in [-0.1, -0.05) is 23.8 Å². The third-order valence-electron chi connectivity index (χ3n) is 8.25. The summed E-state index contributed by atoms with van der Waals surface area (Å²) in [7, 11) is -3.53. The Hall–Kier alpha value is -3.27. The van der Waals surface area contributed by atoms with Crippen LogP contribution in [-0.2, 0) is 24.2 Å². The van der Waals surface area contributed by atoms with E-state index in [9.17, 15) is 22.8 Å². The van der Waals surface area contributed by atoms with E-state index in [4.69, 9.17) is 9.47 Å². The maximum atomic E-state index is 13.9. The number of amides is 1. The number of sulfone groups is 1. The van der Waals surface area contributed by atoms with Crippen LogP contribution in [0.15, 0.2) is 43.1 Å². The van der Waals surface area contributed by atoms with E-state index in [0.717, 1.165) is 16.3 Å². The Morgan fingerprint density at radius 2 is 1.93 bits per heavy atom. The molecule has 0 N–H and O–H groups in total. The predicted molar refractivity (Wildman–Crippen MR) is 154 cm³/mol. The standard InChI is InChI=1S/C31H38N2O7S/c1-6-21-15-31(21,27(35)18-41(37,38)23-9-10-23)16-26(34)25-14-22(17-33(25)29(36)40-30(3,4)5)39-28-24-13-19(2)7-8-20(24)11-12-32-28/h6-8,11-13,21-23,25H,1,9-10,14-18H2,2-5H3/t21-,22-,25?,31-/m1/s1. The number of carbonyl (C=O) groups excluding carboxylic acids is 3. The number of aryl methyl sites for hydroxylation is 1. The number of benzene rings is 1. The Balaban J connectivity index is 1.38. The monoisotopic (exact) mass is 582 g/mol. The molecule has 2 aliphatic carbocycles. The largest absolute Gasteiger partial charge is 0.472 e. The Kier molecular flexibility index (Phi) is 7.51. The second kappa shape index (κ2) is 10.5. The number of hydrogen-bond acceptors (Lipinski definition) is 8. The zero-order chi connectivity index (χ0) is 29.7. The molecule has 2 heterocycles. The molecule has 1 amide bonds. The lowest BCUT2D eigenvalue weighted by Crippen LogP contribution is -2.44. The number of likely N-dealkylation sites (tertiary alicyclic amines) is 1. The number of carbonyl (C=O) groups is 3. The van der Waals surface area contributed by atoms with Crippen LogP contribution in [0.1, 0.15) is 58.4 Å². The van der Waals surface area contributed by atoms with Crippen molar-refractivity contribution in [2.75, 3.05) is 12.3 Å². The van der Waals surface area contributed by atoms with Crippen LogP contribution in [0.5, 0.6) is 5.88 Å². The molecule has 220 valence electrons. The number of rotatable bonds is 10. The van der Waals surface area contributed by atoms with Crippen molar-refractivity contribution in [3.63, 3.8) is 0 Å². The van der Waals surface area contributed by atoms with E-state index in [2.05, 4.69) is 11.6 Å². The SMILES string of the molecule is C=C[C@@H]1C[C@]1(CC(=O)C1C[C@@H](Oc2nccc3ccc(C)cc23)CN1C(=O)OC(C)(C)C)C(=O)CS(=O)(=O)C1CC1. The fraction of sp³-hybridized carbons (Fsp3) is 0.548. The zero-order valence-electron chi connectivity index (χ0n) is 24.1. The van der Waals surface area contributed by atoms with Crippen LogP contribution in [0.25, 0.3) is 10.8 Å². The molecule has 1 aromatic heterocycles. The van der Waals surface area contributed by atoms with Crippen molar-refractivity contribution in [3.05, 3.63) is 48.7 Å². The van der Waals surface area contributed by atoms with Crippen molar-refractivity contribution < 1.29 is 32.3 Å². The molecule has 1 unspecified atom stereocenters. The first-order valence-corrected chi connectivity index (χ1v) is 15.9. The number of fused-ring (bicyclic) bond motifs is 1. The van der Waals surface area contributed by atoms with Crippen LogP contribution in [0.4, 0.5) is 4.79 Å². The number of ether oxygens (including phenoxy) is 2. The molecule has 1 saturated heterocycles. The lowest BCUT2D eigenvalue weighted by atomic mass is 9.89. The Bertz CT molecular complexity index is 1510. The van der Waals surface area contributed by atoms with E-state index in [1.54, 1.807) is 33.0 Å². The van der Waals surface area contributed by atoms with Gasteiger partial charge in [0.25, 0.3) is 0 Å². The predicted octanol–water partition coefficient (Wildman–Crippen LogP) is 4.60. The normalized spacial score (nSPS) is 26.0. The first-order chi connectivity index (χ1) is 19.2. The average molecular weight is 583 g/mol. The summed E-state index contributed by atoms with van der Waals surface area (Å²) in [5, 5.41) is 1.34. The van der Waals surface area contributed by atoms with Gasteiger partial charge < -0.3 is 9.47 Å². The summed E-state index contributed by atoms with van der Waals surface area (Å²) in [4.78, 5) is 46.2. The van der Waals surface area contributed by atoms with Crippen LogP contribution >= 0.6 is 0 Å². The van der Waals surface area contributed by atoms with Gasteiger partial charge in [-0.25, -0.2) is 18.2 Å². The van der Waals surface area contributed by atoms with E-state index in [1.165, 1.54) is 4.90 Å². The minimum Gasteiger partial charge on any atom is -0.472 e. The molecule has 4 atom stereocenters. The summed E-state index contributed by atoms with van der Waals surface area (Å²) >= 11 is 0. The van der Waals surface area contributed by atoms with E-state index in [-0.39, 0.29) is 31.1 Å². The van der Waals surface area contributed by atoms with Gasteiger partial charge in [-0.3, -0.25) is 14.5 Å². The highest BCUT2D eigenvalue weighted by Crippen LogP contribution is 2.57. The summed E-state index contributed by atoms with van der Waals surface area (Å²) in [6.45, 7) is 11.1. The summed E-state index contributed by atoms with van der Waals surface area (Å²) < 4.78 is 37.1. The average Bonchev–Trinajstić information content (AvgIpc) is 3.80. The van der Waals surface area contributed by atoms with Gasteiger partial charge in [-0.05, 0) is 70.4 Å². The highest BCUT2D eigenvalue weighted by atomic mass is 32.2. The minimum absolute atomic E-state index is 0.108. The number of allylic oxidation sites excluding steroid dienone is 1. The van der Waals surface area contributed by atoms with E-state index in [0.29, 0.717) is 25.1 Å². The first kappa shape index (κ1) is 29.2. The van der Waals surface area contributed by atoms with Crippen molar-refractivity contribution in [3.8, 4) is 5.88 Å². The number of pyridine rings is 1. The Labute approximate surface area is 241 Å². The summed E-state index contributed by atoms with van der Waals surface area (Å²) in [6.07, 6.45) is 3.66.